The molecule has 0 atom stereocenters. The first-order valence-corrected chi connectivity index (χ1v) is 15.2. The number of unbranched alkanes of at least 4 members (excludes halogenated alkanes) is 7. The highest BCUT2D eigenvalue weighted by atomic mass is 19.4. The third kappa shape index (κ3) is 8.48. The smallest absolute Gasteiger partial charge is 0.206 e. The van der Waals surface area contributed by atoms with Crippen LogP contribution in [0.15, 0.2) is 18.2 Å². The molecule has 0 nitrogen and oxygen atoms in total. The van der Waals surface area contributed by atoms with Crippen molar-refractivity contribution in [2.75, 3.05) is 0 Å². The molecule has 0 aliphatic heterocycles. The summed E-state index contributed by atoms with van der Waals surface area (Å²) in [5, 5.41) is 0. The standard InChI is InChI=1S/C32H50F4/c1-2-3-4-5-6-7-10-19-30(20-11-8-12-21-30)22-15-16-25-31(23-13-9-14-24-31)27-17-18-28(29(33)26-27)32(34,35)36/h17-18,26H,2-16,19-25H2,1H3. The van der Waals surface area contributed by atoms with Gasteiger partial charge in [0, 0.05) is 0 Å². The molecule has 2 aliphatic rings. The number of halogens is 4. The Balaban J connectivity index is 1.55. The molecule has 0 saturated heterocycles. The van der Waals surface area contributed by atoms with E-state index in [1.54, 1.807) is 6.07 Å². The normalized spacial score (nSPS) is 19.9. The second-order valence-corrected chi connectivity index (χ2v) is 12.2. The van der Waals surface area contributed by atoms with Gasteiger partial charge in [-0.3, -0.25) is 0 Å². The molecule has 1 aromatic carbocycles. The third-order valence-corrected chi connectivity index (χ3v) is 9.53. The molecule has 0 amide bonds. The lowest BCUT2D eigenvalue weighted by molar-refractivity contribution is -0.140. The van der Waals surface area contributed by atoms with Gasteiger partial charge in [-0.2, -0.15) is 13.2 Å². The maximum Gasteiger partial charge on any atom is 0.419 e. The van der Waals surface area contributed by atoms with Crippen LogP contribution in [0.5, 0.6) is 0 Å². The minimum atomic E-state index is -4.63. The van der Waals surface area contributed by atoms with E-state index in [1.807, 2.05) is 0 Å². The maximum absolute atomic E-state index is 14.5. The van der Waals surface area contributed by atoms with E-state index in [0.717, 1.165) is 50.2 Å². The van der Waals surface area contributed by atoms with E-state index in [-0.39, 0.29) is 5.41 Å². The summed E-state index contributed by atoms with van der Waals surface area (Å²) < 4.78 is 53.8. The van der Waals surface area contributed by atoms with Crippen molar-refractivity contribution < 1.29 is 17.6 Å². The first-order chi connectivity index (χ1) is 17.3. The van der Waals surface area contributed by atoms with Crippen LogP contribution in [0.25, 0.3) is 0 Å². The molecule has 2 saturated carbocycles. The predicted molar refractivity (Wildman–Crippen MR) is 143 cm³/mol. The molecule has 206 valence electrons. The molecule has 0 unspecified atom stereocenters. The van der Waals surface area contributed by atoms with Gasteiger partial charge in [0.15, 0.2) is 0 Å². The molecule has 0 bridgehead atoms. The highest BCUT2D eigenvalue weighted by molar-refractivity contribution is 5.32. The summed E-state index contributed by atoms with van der Waals surface area (Å²) in [7, 11) is 0. The number of rotatable bonds is 14. The summed E-state index contributed by atoms with van der Waals surface area (Å²) in [6, 6.07) is 3.75. The predicted octanol–water partition coefficient (Wildman–Crippen LogP) is 11.7. The zero-order chi connectivity index (χ0) is 25.9. The summed E-state index contributed by atoms with van der Waals surface area (Å²) in [6.45, 7) is 2.27. The van der Waals surface area contributed by atoms with Crippen LogP contribution in [0, 0.1) is 11.2 Å². The third-order valence-electron chi connectivity index (χ3n) is 9.53. The molecule has 2 aliphatic carbocycles. The van der Waals surface area contributed by atoms with Crippen molar-refractivity contribution in [1.29, 1.82) is 0 Å². The van der Waals surface area contributed by atoms with Crippen LogP contribution in [-0.2, 0) is 11.6 Å². The van der Waals surface area contributed by atoms with Crippen molar-refractivity contribution in [3.8, 4) is 0 Å². The van der Waals surface area contributed by atoms with Gasteiger partial charge in [0.25, 0.3) is 0 Å². The fourth-order valence-electron chi connectivity index (χ4n) is 7.33. The van der Waals surface area contributed by atoms with E-state index in [1.165, 1.54) is 109 Å². The van der Waals surface area contributed by atoms with Gasteiger partial charge < -0.3 is 0 Å². The monoisotopic (exact) mass is 510 g/mol. The topological polar surface area (TPSA) is 0 Å². The van der Waals surface area contributed by atoms with Crippen LogP contribution in [-0.4, -0.2) is 0 Å². The van der Waals surface area contributed by atoms with Crippen LogP contribution in [0.4, 0.5) is 17.6 Å². The van der Waals surface area contributed by atoms with Crippen molar-refractivity contribution in [3.63, 3.8) is 0 Å². The summed E-state index contributed by atoms with van der Waals surface area (Å²) in [4.78, 5) is 0. The number of benzene rings is 1. The fraction of sp³-hybridized carbons (Fsp3) is 0.812. The Morgan fingerprint density at radius 1 is 0.667 bits per heavy atom. The lowest BCUT2D eigenvalue weighted by Gasteiger charge is -2.40. The zero-order valence-electron chi connectivity index (χ0n) is 22.8. The van der Waals surface area contributed by atoms with Crippen molar-refractivity contribution >= 4 is 0 Å². The Morgan fingerprint density at radius 2 is 1.19 bits per heavy atom. The minimum absolute atomic E-state index is 0.151. The highest BCUT2D eigenvalue weighted by Gasteiger charge is 2.38. The molecule has 36 heavy (non-hydrogen) atoms. The first kappa shape index (κ1) is 29.5. The van der Waals surface area contributed by atoms with E-state index in [2.05, 4.69) is 6.92 Å². The quantitative estimate of drug-likeness (QED) is 0.172. The van der Waals surface area contributed by atoms with E-state index < -0.39 is 17.6 Å². The molecule has 1 aromatic rings. The number of alkyl halides is 3. The molecule has 4 heteroatoms. The van der Waals surface area contributed by atoms with Gasteiger partial charge >= 0.3 is 6.18 Å². The second kappa shape index (κ2) is 14.2. The van der Waals surface area contributed by atoms with Crippen molar-refractivity contribution in [3.05, 3.63) is 35.1 Å². The number of hydrogen-bond donors (Lipinski definition) is 0. The summed E-state index contributed by atoms with van der Waals surface area (Å²) in [6.07, 6.45) is 23.0. The molecule has 2 fully saturated rings. The zero-order valence-corrected chi connectivity index (χ0v) is 22.8. The van der Waals surface area contributed by atoms with Crippen LogP contribution in [0.2, 0.25) is 0 Å². The van der Waals surface area contributed by atoms with Crippen molar-refractivity contribution in [2.45, 2.75) is 160 Å². The van der Waals surface area contributed by atoms with Crippen molar-refractivity contribution in [1.82, 2.24) is 0 Å². The maximum atomic E-state index is 14.5. The fourth-order valence-corrected chi connectivity index (χ4v) is 7.33. The van der Waals surface area contributed by atoms with Gasteiger partial charge in [-0.15, -0.1) is 0 Å². The molecule has 3 rings (SSSR count). The average Bonchev–Trinajstić information content (AvgIpc) is 2.86. The Labute approximate surface area is 218 Å². The van der Waals surface area contributed by atoms with Crippen LogP contribution >= 0.6 is 0 Å². The van der Waals surface area contributed by atoms with Crippen LogP contribution in [0.1, 0.15) is 159 Å². The average molecular weight is 511 g/mol. The Hall–Kier alpha value is -1.06. The van der Waals surface area contributed by atoms with E-state index in [4.69, 9.17) is 0 Å². The van der Waals surface area contributed by atoms with Gasteiger partial charge in [-0.25, -0.2) is 4.39 Å². The first-order valence-electron chi connectivity index (χ1n) is 15.2. The second-order valence-electron chi connectivity index (χ2n) is 12.2. The molecule has 0 N–H and O–H groups in total. The Kier molecular flexibility index (Phi) is 11.6. The molecule has 0 spiro atoms. The molecule has 0 radical (unpaired) electrons. The van der Waals surface area contributed by atoms with E-state index in [9.17, 15) is 17.6 Å². The molecule has 0 aromatic heterocycles. The van der Waals surface area contributed by atoms with Gasteiger partial charge in [0.2, 0.25) is 0 Å². The van der Waals surface area contributed by atoms with E-state index >= 15 is 0 Å². The van der Waals surface area contributed by atoms with Gasteiger partial charge in [-0.05, 0) is 73.5 Å². The van der Waals surface area contributed by atoms with E-state index in [0.29, 0.717) is 5.41 Å². The highest BCUT2D eigenvalue weighted by Crippen LogP contribution is 2.47. The SMILES string of the molecule is CCCCCCCCCC1(CCCCC2(c3ccc(C(F)(F)F)c(F)c3)CCCCC2)CCCCC1. The lowest BCUT2D eigenvalue weighted by atomic mass is 9.65. The van der Waals surface area contributed by atoms with Crippen LogP contribution in [0.3, 0.4) is 0 Å². The summed E-state index contributed by atoms with van der Waals surface area (Å²) >= 11 is 0. The van der Waals surface area contributed by atoms with Gasteiger partial charge in [0.05, 0.1) is 5.56 Å². The molecular formula is C32H50F4. The largest absolute Gasteiger partial charge is 0.419 e. The lowest BCUT2D eigenvalue weighted by Crippen LogP contribution is -2.30. The summed E-state index contributed by atoms with van der Waals surface area (Å²) in [5.41, 5.74) is 0.0218. The summed E-state index contributed by atoms with van der Waals surface area (Å²) in [5.74, 6) is -1.11. The Bertz CT molecular complexity index is 754. The number of hydrogen-bond acceptors (Lipinski definition) is 0. The van der Waals surface area contributed by atoms with Crippen LogP contribution < -0.4 is 0 Å². The van der Waals surface area contributed by atoms with Crippen molar-refractivity contribution in [2.24, 2.45) is 5.41 Å². The molecular weight excluding hydrogens is 460 g/mol. The Morgan fingerprint density at radius 3 is 1.78 bits per heavy atom. The molecule has 0 heterocycles. The van der Waals surface area contributed by atoms with Gasteiger partial charge in [-0.1, -0.05) is 109 Å². The minimum Gasteiger partial charge on any atom is -0.206 e. The van der Waals surface area contributed by atoms with Gasteiger partial charge in [0.1, 0.15) is 5.82 Å².